The summed E-state index contributed by atoms with van der Waals surface area (Å²) in [5.74, 6) is -3.35. The number of hydrogen-bond donors (Lipinski definition) is 5. The first-order valence-electron chi connectivity index (χ1n) is 37.7. The lowest BCUT2D eigenvalue weighted by atomic mass is 10.1. The van der Waals surface area contributed by atoms with Crippen molar-refractivity contribution in [2.24, 2.45) is 5.73 Å². The summed E-state index contributed by atoms with van der Waals surface area (Å²) in [5, 5.41) is 20.0. The van der Waals surface area contributed by atoms with E-state index in [0.29, 0.717) is 24.0 Å². The molecule has 0 saturated carbocycles. The van der Waals surface area contributed by atoms with Crippen LogP contribution in [-0.4, -0.2) is 193 Å². The van der Waals surface area contributed by atoms with Gasteiger partial charge >= 0.3 is 29.8 Å². The van der Waals surface area contributed by atoms with Crippen LogP contribution in [0.25, 0.3) is 6.08 Å². The second-order valence-electron chi connectivity index (χ2n) is 28.2. The molecule has 0 aliphatic heterocycles. The monoisotopic (exact) mass is 1690 g/mol. The molecule has 648 valence electrons. The fraction of sp³-hybridized carbons (Fsp3) is 0.453. The number of carbonyl (C=O) groups excluding carboxylic acids is 8. The number of aldehydes is 1. The highest BCUT2D eigenvalue weighted by Gasteiger charge is 2.21. The molecule has 115 heavy (non-hydrogen) atoms. The summed E-state index contributed by atoms with van der Waals surface area (Å²) in [4.78, 5) is 96.2. The largest absolute Gasteiger partial charge is 0.481 e. The van der Waals surface area contributed by atoms with Crippen LogP contribution in [0.1, 0.15) is 110 Å². The highest BCUT2D eigenvalue weighted by atomic mass is 28.4. The number of nitrogens with one attached hydrogen (secondary N) is 2. The molecule has 0 aromatic heterocycles. The Bertz CT molecular complexity index is 3280. The summed E-state index contributed by atoms with van der Waals surface area (Å²) >= 11 is 0. The quantitative estimate of drug-likeness (QED) is 0.0131. The van der Waals surface area contributed by atoms with Gasteiger partial charge in [0, 0.05) is 72.4 Å². The highest BCUT2D eigenvalue weighted by Crippen LogP contribution is 2.10. The van der Waals surface area contributed by atoms with Crippen molar-refractivity contribution in [3.05, 3.63) is 221 Å². The van der Waals surface area contributed by atoms with Gasteiger partial charge in [0.05, 0.1) is 46.7 Å². The topological polar surface area (TPSA) is 336 Å². The van der Waals surface area contributed by atoms with Crippen molar-refractivity contribution >= 4 is 102 Å². The molecule has 0 bridgehead atoms. The first kappa shape index (κ1) is 120. The summed E-state index contributed by atoms with van der Waals surface area (Å²) in [5.41, 5.74) is 10.5. The predicted molar refractivity (Wildman–Crippen MR) is 478 cm³/mol. The Morgan fingerprint density at radius 1 is 0.391 bits per heavy atom. The van der Waals surface area contributed by atoms with Crippen molar-refractivity contribution in [2.75, 3.05) is 75.2 Å². The van der Waals surface area contributed by atoms with Crippen LogP contribution in [0.4, 0.5) is 0 Å². The maximum absolute atomic E-state index is 11.4. The van der Waals surface area contributed by atoms with Crippen LogP contribution < -0.4 is 16.4 Å². The molecule has 0 saturated heterocycles. The van der Waals surface area contributed by atoms with E-state index in [4.69, 9.17) is 42.9 Å². The molecule has 6 rings (SSSR count). The summed E-state index contributed by atoms with van der Waals surface area (Å²) < 4.78 is 49.6. The van der Waals surface area contributed by atoms with Gasteiger partial charge in [-0.3, -0.25) is 24.0 Å². The van der Waals surface area contributed by atoms with E-state index in [1.807, 2.05) is 156 Å². The number of aliphatic hydroxyl groups excluding tert-OH is 1. The molecule has 6 N–H and O–H groups in total. The number of rotatable bonds is 23. The number of benzene rings is 6. The third-order valence-corrected chi connectivity index (χ3v) is 17.8. The molecular formula is C86H143N3O21Si5. The number of carboxylic acids is 1. The predicted octanol–water partition coefficient (Wildman–Crippen LogP) is 16.8. The van der Waals surface area contributed by atoms with E-state index >= 15 is 0 Å². The van der Waals surface area contributed by atoms with Gasteiger partial charge in [-0.2, -0.15) is 0 Å². The molecule has 0 fully saturated rings. The minimum atomic E-state index is -1.16. The molecule has 0 heterocycles. The van der Waals surface area contributed by atoms with Crippen molar-refractivity contribution in [3.63, 3.8) is 0 Å². The Kier molecular flexibility index (Phi) is 77.1. The van der Waals surface area contributed by atoms with Gasteiger partial charge in [0.25, 0.3) is 5.97 Å². The number of carbonyl (C=O) groups is 9. The number of methoxy groups -OCH3 is 5. The average Bonchev–Trinajstić information content (AvgIpc) is 0.908. The minimum Gasteiger partial charge on any atom is -0.481 e. The number of ether oxygens (including phenoxy) is 5. The number of amides is 2. The standard InChI is InChI=1S/C12H15NO3.C12H13NO3.C10H13NO2.2C8H8O2.C7H6O.5C5H14OSi.C2H4O2.C2H6O/c2*1-9(14)13-11(12(15)16-2)8-10-6-4-3-5-7-10;1-13-10(12)9(11)7-8-5-3-2-4-6-8;2*1-10-8(9)7-5-3-2-4-6-7;8-6-7-4-2-1-3-5-7;5*1-5-6-7(2,3)4;1-2(3)4;1-2-3/h3-7,11H,8H2,1-2H3,(H,13,14);3-8H,1-2H3,(H,13,14);2-6,9H,7,11H2,1H3;2*2-6H,1H3;1-6H;5*5H2,1-4H3;1H3,(H,3,4);3H,2H2,1H3/b;11-8-;;;;;;;;;;;. The Morgan fingerprint density at radius 2 is 0.652 bits per heavy atom. The zero-order valence-corrected chi connectivity index (χ0v) is 79.5. The molecule has 0 spiro atoms. The lowest BCUT2D eigenvalue weighted by molar-refractivity contribution is -0.145. The van der Waals surface area contributed by atoms with Gasteiger partial charge in [0.15, 0.2) is 41.6 Å². The van der Waals surface area contributed by atoms with Crippen LogP contribution in [0.5, 0.6) is 0 Å². The third-order valence-electron chi connectivity index (χ3n) is 12.0. The normalized spacial score (nSPS) is 10.7. The van der Waals surface area contributed by atoms with E-state index in [9.17, 15) is 38.4 Å². The molecule has 29 heteroatoms. The number of nitrogens with two attached hydrogens (primary N) is 1. The van der Waals surface area contributed by atoms with Crippen molar-refractivity contribution in [1.82, 2.24) is 10.6 Å². The molecule has 0 aliphatic rings. The van der Waals surface area contributed by atoms with Crippen LogP contribution in [-0.2, 0) is 87.4 Å². The zero-order chi connectivity index (χ0) is 90.1. The van der Waals surface area contributed by atoms with Crippen molar-refractivity contribution in [3.8, 4) is 0 Å². The summed E-state index contributed by atoms with van der Waals surface area (Å²) in [7, 11) is 0.870. The fourth-order valence-electron chi connectivity index (χ4n) is 7.78. The van der Waals surface area contributed by atoms with Crippen molar-refractivity contribution in [1.29, 1.82) is 0 Å². The van der Waals surface area contributed by atoms with Crippen LogP contribution in [0, 0.1) is 0 Å². The van der Waals surface area contributed by atoms with Crippen LogP contribution in [0.3, 0.4) is 0 Å². The van der Waals surface area contributed by atoms with Gasteiger partial charge < -0.3 is 72.4 Å². The van der Waals surface area contributed by atoms with Crippen molar-refractivity contribution < 1.29 is 99.2 Å². The Morgan fingerprint density at radius 3 is 0.861 bits per heavy atom. The van der Waals surface area contributed by atoms with E-state index < -0.39 is 71.6 Å². The summed E-state index contributed by atoms with van der Waals surface area (Å²) in [6, 6.07) is 54.0. The molecule has 6 aromatic carbocycles. The molecule has 6 aromatic rings. The number of hydrogen-bond acceptors (Lipinski definition) is 21. The number of aliphatic carboxylic acids is 1. The minimum absolute atomic E-state index is 0.126. The highest BCUT2D eigenvalue weighted by molar-refractivity contribution is 6.71. The smallest absolute Gasteiger partial charge is 0.354 e. The van der Waals surface area contributed by atoms with E-state index in [2.05, 4.69) is 133 Å². The molecule has 24 nitrogen and oxygen atoms in total. The van der Waals surface area contributed by atoms with E-state index in [0.717, 1.165) is 68.5 Å². The summed E-state index contributed by atoms with van der Waals surface area (Å²) in [6.45, 7) is 53.1. The average molecular weight is 1700 g/mol. The second kappa shape index (κ2) is 74.1. The van der Waals surface area contributed by atoms with Gasteiger partial charge in [0.1, 0.15) is 24.1 Å². The van der Waals surface area contributed by atoms with Gasteiger partial charge in [-0.1, -0.05) is 158 Å². The molecular weight excluding hydrogens is 1550 g/mol. The summed E-state index contributed by atoms with van der Waals surface area (Å²) in [6.07, 6.45) is 3.35. The third kappa shape index (κ3) is 90.7. The second-order valence-corrected chi connectivity index (χ2v) is 50.8. The van der Waals surface area contributed by atoms with Gasteiger partial charge in [0.2, 0.25) is 11.8 Å². The van der Waals surface area contributed by atoms with Crippen LogP contribution in [0.2, 0.25) is 98.2 Å². The van der Waals surface area contributed by atoms with E-state index in [1.165, 1.54) is 49.4 Å². The fourth-order valence-corrected chi connectivity index (χ4v) is 12.1. The Labute approximate surface area is 694 Å². The first-order valence-corrected chi connectivity index (χ1v) is 54.8. The molecule has 0 radical (unpaired) electrons. The van der Waals surface area contributed by atoms with E-state index in [-0.39, 0.29) is 42.0 Å². The van der Waals surface area contributed by atoms with Crippen molar-refractivity contribution in [2.45, 2.75) is 185 Å². The first-order chi connectivity index (χ1) is 53.6. The zero-order valence-electron chi connectivity index (χ0n) is 74.5. The maximum Gasteiger partial charge on any atom is 0.354 e. The lowest BCUT2D eigenvalue weighted by Crippen LogP contribution is -2.41. The lowest BCUT2D eigenvalue weighted by Gasteiger charge is -2.15. The van der Waals surface area contributed by atoms with Gasteiger partial charge in [-0.25, -0.2) is 19.2 Å². The SMILES string of the molecule is CC(=O)O.CCO.CCO[Si](C)(C)C.CCO[Si](C)(C)C.CCO[Si](C)(C)C.CCO[Si](C)(C)C.CCO[Si](C)(C)C.COC(=O)/C(=C/c1ccccc1)NC(C)=O.COC(=O)C(Cc1ccccc1)NC(C)=O.COC(=O)C(N)Cc1ccccc1.COC(=O)c1ccccc1.COC(=O)c1ccccc1.O=Cc1ccccc1. The Hall–Kier alpha value is -8.71. The number of esters is 5. The number of aliphatic hydroxyl groups is 1. The molecule has 2 unspecified atom stereocenters. The van der Waals surface area contributed by atoms with Crippen LogP contribution >= 0.6 is 0 Å². The van der Waals surface area contributed by atoms with Crippen LogP contribution in [0.15, 0.2) is 188 Å². The van der Waals surface area contributed by atoms with E-state index in [1.54, 1.807) is 73.7 Å². The number of carboxylic acid groups (broad SMARTS) is 1. The molecule has 2 atom stereocenters. The van der Waals surface area contributed by atoms with Gasteiger partial charge in [-0.05, 0) is 193 Å². The van der Waals surface area contributed by atoms with Gasteiger partial charge in [-0.15, -0.1) is 0 Å². The maximum atomic E-state index is 11.4. The molecule has 0 aliphatic carbocycles. The Balaban J connectivity index is -0.000000224. The molecule has 2 amide bonds.